The van der Waals surface area contributed by atoms with Crippen LogP contribution >= 0.6 is 23.5 Å². The van der Waals surface area contributed by atoms with E-state index in [0.717, 1.165) is 70.6 Å². The normalized spacial score (nSPS) is 22.0. The molecular weight excluding hydrogens is 937 g/mol. The summed E-state index contributed by atoms with van der Waals surface area (Å²) in [5, 5.41) is 31.9. The number of unbranched alkanes of at least 4 members (excludes halogenated alkanes) is 16. The largest absolute Gasteiger partial charge is 0.472 e. The minimum atomic E-state index is -5.60. The van der Waals surface area contributed by atoms with Crippen molar-refractivity contribution in [3.05, 3.63) is 48.6 Å². The summed E-state index contributed by atoms with van der Waals surface area (Å²) in [5.74, 6) is -1.32. The lowest BCUT2D eigenvalue weighted by atomic mass is 9.85. The van der Waals surface area contributed by atoms with E-state index < -0.39 is 91.3 Å². The SMILES string of the molecule is CCC=CCC=CCC=CCC=CCCCCCCC(=O)O[C@H](COC(=O)CCCCCCCCCCCCCCC)COP(=O)(O)O[C@H]1C(O)C(O)C(OP(=O)(O)O)[C@@H](OP(=O)(O)O)C1O. The van der Waals surface area contributed by atoms with E-state index in [-0.39, 0.29) is 12.8 Å². The summed E-state index contributed by atoms with van der Waals surface area (Å²) in [5.41, 5.74) is 0. The highest BCUT2D eigenvalue weighted by molar-refractivity contribution is 7.47. The van der Waals surface area contributed by atoms with Gasteiger partial charge in [0.25, 0.3) is 0 Å². The number of aliphatic hydroxyl groups excluding tert-OH is 3. The Labute approximate surface area is 397 Å². The molecule has 1 saturated carbocycles. The van der Waals surface area contributed by atoms with E-state index in [4.69, 9.17) is 18.5 Å². The van der Waals surface area contributed by atoms with E-state index in [9.17, 15) is 63.1 Å². The van der Waals surface area contributed by atoms with Gasteiger partial charge in [-0.25, -0.2) is 13.7 Å². The third-order valence-electron chi connectivity index (χ3n) is 10.7. The fourth-order valence-corrected chi connectivity index (χ4v) is 9.20. The number of aliphatic hydroxyl groups is 3. The zero-order valence-corrected chi connectivity index (χ0v) is 42.1. The zero-order chi connectivity index (χ0) is 50.0. The Morgan fingerprint density at radius 2 is 0.910 bits per heavy atom. The van der Waals surface area contributed by atoms with Crippen LogP contribution in [0, 0.1) is 0 Å². The van der Waals surface area contributed by atoms with Crippen LogP contribution in [-0.4, -0.2) is 108 Å². The summed E-state index contributed by atoms with van der Waals surface area (Å²) in [4.78, 5) is 73.2. The molecule has 1 aliphatic carbocycles. The Balaban J connectivity index is 2.75. The summed E-state index contributed by atoms with van der Waals surface area (Å²) in [7, 11) is -16.6. The number of carbonyl (C=O) groups excluding carboxylic acids is 2. The van der Waals surface area contributed by atoms with Crippen LogP contribution in [0.25, 0.3) is 0 Å². The van der Waals surface area contributed by atoms with Crippen molar-refractivity contribution in [1.82, 2.24) is 0 Å². The fraction of sp³-hybridized carbons (Fsp3) is 0.778. The van der Waals surface area contributed by atoms with Crippen LogP contribution in [0.1, 0.15) is 168 Å². The molecule has 0 aromatic carbocycles. The van der Waals surface area contributed by atoms with Crippen molar-refractivity contribution in [2.75, 3.05) is 13.2 Å². The number of esters is 2. The van der Waals surface area contributed by atoms with Crippen molar-refractivity contribution in [3.8, 4) is 0 Å². The summed E-state index contributed by atoms with van der Waals surface area (Å²) >= 11 is 0. The Bertz CT molecular complexity index is 1590. The second-order valence-corrected chi connectivity index (χ2v) is 20.5. The van der Waals surface area contributed by atoms with Gasteiger partial charge in [-0.15, -0.1) is 0 Å². The number of rotatable bonds is 40. The lowest BCUT2D eigenvalue weighted by Crippen LogP contribution is -2.65. The highest BCUT2D eigenvalue weighted by Gasteiger charge is 2.56. The molecule has 67 heavy (non-hydrogen) atoms. The summed E-state index contributed by atoms with van der Waals surface area (Å²) in [6, 6.07) is 0. The number of carbonyl (C=O) groups is 2. The summed E-state index contributed by atoms with van der Waals surface area (Å²) < 4.78 is 65.4. The van der Waals surface area contributed by atoms with E-state index in [1.54, 1.807) is 0 Å². The highest BCUT2D eigenvalue weighted by atomic mass is 31.2. The molecule has 0 radical (unpaired) electrons. The van der Waals surface area contributed by atoms with Gasteiger partial charge in [0, 0.05) is 12.8 Å². The first-order valence-electron chi connectivity index (χ1n) is 23.9. The molecule has 0 spiro atoms. The molecule has 0 aliphatic heterocycles. The lowest BCUT2D eigenvalue weighted by molar-refractivity contribution is -0.213. The van der Waals surface area contributed by atoms with E-state index in [1.165, 1.54) is 51.4 Å². The van der Waals surface area contributed by atoms with Gasteiger partial charge < -0.3 is 49.3 Å². The maximum atomic E-state index is 13.1. The molecule has 390 valence electrons. The zero-order valence-electron chi connectivity index (χ0n) is 39.5. The topological polar surface area (TPSA) is 303 Å². The van der Waals surface area contributed by atoms with Gasteiger partial charge in [0.1, 0.15) is 43.2 Å². The van der Waals surface area contributed by atoms with Crippen LogP contribution in [-0.2, 0) is 50.9 Å². The van der Waals surface area contributed by atoms with Crippen molar-refractivity contribution in [1.29, 1.82) is 0 Å². The number of phosphoric acid groups is 3. The molecule has 1 fully saturated rings. The maximum absolute atomic E-state index is 13.1. The van der Waals surface area contributed by atoms with Crippen LogP contribution in [0.3, 0.4) is 0 Å². The van der Waals surface area contributed by atoms with Crippen molar-refractivity contribution in [2.24, 2.45) is 0 Å². The van der Waals surface area contributed by atoms with Gasteiger partial charge in [-0.2, -0.15) is 0 Å². The lowest BCUT2D eigenvalue weighted by Gasteiger charge is -2.44. The molecule has 8 atom stereocenters. The molecule has 5 unspecified atom stereocenters. The van der Waals surface area contributed by atoms with Gasteiger partial charge >= 0.3 is 35.4 Å². The molecule has 0 saturated heterocycles. The first-order chi connectivity index (χ1) is 31.8. The van der Waals surface area contributed by atoms with Gasteiger partial charge in [0.2, 0.25) is 0 Å². The van der Waals surface area contributed by atoms with Gasteiger partial charge in [0.05, 0.1) is 6.61 Å². The maximum Gasteiger partial charge on any atom is 0.472 e. The first-order valence-corrected chi connectivity index (χ1v) is 28.5. The molecule has 1 aliphatic rings. The van der Waals surface area contributed by atoms with Crippen LogP contribution in [0.2, 0.25) is 0 Å². The molecule has 0 bridgehead atoms. The van der Waals surface area contributed by atoms with Crippen molar-refractivity contribution < 1.29 is 90.6 Å². The van der Waals surface area contributed by atoms with E-state index in [2.05, 4.69) is 71.5 Å². The Morgan fingerprint density at radius 1 is 0.493 bits per heavy atom. The monoisotopic (exact) mass is 1020 g/mol. The van der Waals surface area contributed by atoms with E-state index in [0.29, 0.717) is 19.3 Å². The number of hydrogen-bond acceptors (Lipinski definition) is 14. The first kappa shape index (κ1) is 63.1. The Hall–Kier alpha value is -1.89. The van der Waals surface area contributed by atoms with Crippen molar-refractivity contribution in [2.45, 2.75) is 211 Å². The molecule has 0 amide bonds. The minimum Gasteiger partial charge on any atom is -0.462 e. The molecule has 1 rings (SSSR count). The molecule has 19 nitrogen and oxygen atoms in total. The average molecular weight is 1020 g/mol. The number of phosphoric ester groups is 3. The third kappa shape index (κ3) is 33.4. The summed E-state index contributed by atoms with van der Waals surface area (Å²) in [6.45, 7) is 2.81. The summed E-state index contributed by atoms with van der Waals surface area (Å²) in [6.07, 6.45) is 22.7. The molecule has 22 heteroatoms. The average Bonchev–Trinajstić information content (AvgIpc) is 3.25. The molecule has 8 N–H and O–H groups in total. The standard InChI is InChI=1S/C45H81O19P3/c1-3-5-7-9-11-13-15-17-18-19-20-22-24-26-28-30-32-34-39(47)61-37(35-59-38(46)33-31-29-27-25-23-21-16-14-12-10-8-6-4-2)36-60-67(57,58)64-43-40(48)41(49)44(62-65(51,52)53)45(42(43)50)63-66(54,55)56/h5,7,11,13,17-18,20,22,37,40-45,48-50H,3-4,6,8-10,12,14-16,19,21,23-36H2,1-2H3,(H,57,58)(H2,51,52,53)(H2,54,55,56)/t37-,40?,41?,42?,43+,44?,45+/m1/s1. The van der Waals surface area contributed by atoms with Gasteiger partial charge in [0.15, 0.2) is 6.10 Å². The Kier molecular flexibility index (Phi) is 34.8. The molecular formula is C45H81O19P3. The Morgan fingerprint density at radius 3 is 1.40 bits per heavy atom. The smallest absolute Gasteiger partial charge is 0.462 e. The minimum absolute atomic E-state index is 0.0299. The number of ether oxygens (including phenoxy) is 2. The second-order valence-electron chi connectivity index (χ2n) is 16.7. The second kappa shape index (κ2) is 37.0. The van der Waals surface area contributed by atoms with Gasteiger partial charge in [-0.1, -0.05) is 152 Å². The van der Waals surface area contributed by atoms with Crippen molar-refractivity contribution >= 4 is 35.4 Å². The van der Waals surface area contributed by atoms with Gasteiger partial charge in [-0.3, -0.25) is 27.7 Å². The highest BCUT2D eigenvalue weighted by Crippen LogP contribution is 2.51. The molecule has 0 aromatic heterocycles. The van der Waals surface area contributed by atoms with Crippen LogP contribution in [0.4, 0.5) is 0 Å². The molecule has 0 heterocycles. The molecule has 0 aromatic rings. The predicted molar refractivity (Wildman–Crippen MR) is 252 cm³/mol. The number of allylic oxidation sites excluding steroid dienone is 8. The third-order valence-corrected chi connectivity index (χ3v) is 12.7. The van der Waals surface area contributed by atoms with Gasteiger partial charge in [-0.05, 0) is 51.4 Å². The van der Waals surface area contributed by atoms with E-state index in [1.807, 2.05) is 0 Å². The quantitative estimate of drug-likeness (QED) is 0.0123. The van der Waals surface area contributed by atoms with Crippen molar-refractivity contribution in [3.63, 3.8) is 0 Å². The van der Waals surface area contributed by atoms with Crippen LogP contribution in [0.5, 0.6) is 0 Å². The van der Waals surface area contributed by atoms with Crippen LogP contribution < -0.4 is 0 Å². The van der Waals surface area contributed by atoms with E-state index >= 15 is 0 Å². The number of hydrogen-bond donors (Lipinski definition) is 8. The predicted octanol–water partition coefficient (Wildman–Crippen LogP) is 8.62. The fourth-order valence-electron chi connectivity index (χ4n) is 7.10. The van der Waals surface area contributed by atoms with Crippen LogP contribution in [0.15, 0.2) is 48.6 Å².